The van der Waals surface area contributed by atoms with Crippen LogP contribution in [0.15, 0.2) is 12.2 Å². The van der Waals surface area contributed by atoms with Crippen LogP contribution in [0.3, 0.4) is 0 Å². The monoisotopic (exact) mass is 830 g/mol. The van der Waals surface area contributed by atoms with Gasteiger partial charge in [0.1, 0.15) is 36.6 Å². The van der Waals surface area contributed by atoms with Crippen LogP contribution in [-0.2, 0) is 14.3 Å². The second-order valence-electron chi connectivity index (χ2n) is 17.2. The van der Waals surface area contributed by atoms with Gasteiger partial charge in [-0.1, -0.05) is 187 Å². The molecule has 0 aromatic carbocycles. The summed E-state index contributed by atoms with van der Waals surface area (Å²) in [4.78, 5) is 13.1. The number of aliphatic hydroxyl groups is 7. The summed E-state index contributed by atoms with van der Waals surface area (Å²) in [5.41, 5.74) is 0. The van der Waals surface area contributed by atoms with Gasteiger partial charge in [-0.2, -0.15) is 0 Å². The Labute approximate surface area is 353 Å². The van der Waals surface area contributed by atoms with Crippen molar-refractivity contribution in [2.24, 2.45) is 0 Å². The minimum absolute atomic E-state index is 0.259. The highest BCUT2D eigenvalue weighted by atomic mass is 16.7. The lowest BCUT2D eigenvalue weighted by Gasteiger charge is -2.40. The summed E-state index contributed by atoms with van der Waals surface area (Å²) in [6.45, 7) is 3.43. The van der Waals surface area contributed by atoms with Crippen LogP contribution < -0.4 is 5.32 Å². The van der Waals surface area contributed by atoms with Crippen molar-refractivity contribution in [1.29, 1.82) is 0 Å². The van der Waals surface area contributed by atoms with Gasteiger partial charge in [-0.25, -0.2) is 0 Å². The maximum atomic E-state index is 13.1. The summed E-state index contributed by atoms with van der Waals surface area (Å²) in [7, 11) is 0. The van der Waals surface area contributed by atoms with Gasteiger partial charge in [0.2, 0.25) is 5.91 Å². The molecule has 0 aromatic rings. The predicted molar refractivity (Wildman–Crippen MR) is 233 cm³/mol. The van der Waals surface area contributed by atoms with Crippen molar-refractivity contribution >= 4 is 5.91 Å². The highest BCUT2D eigenvalue weighted by molar-refractivity contribution is 5.80. The zero-order chi connectivity index (χ0) is 42.6. The molecule has 0 aliphatic carbocycles. The second-order valence-corrected chi connectivity index (χ2v) is 17.2. The molecule has 8 N–H and O–H groups in total. The first-order valence-electron chi connectivity index (χ1n) is 24.1. The van der Waals surface area contributed by atoms with Gasteiger partial charge in [-0.3, -0.25) is 4.79 Å². The predicted octanol–water partition coefficient (Wildman–Crippen LogP) is 8.06. The maximum Gasteiger partial charge on any atom is 0.249 e. The maximum absolute atomic E-state index is 13.1. The summed E-state index contributed by atoms with van der Waals surface area (Å²) in [5.74, 6) is -0.704. The van der Waals surface area contributed by atoms with Gasteiger partial charge in [0.25, 0.3) is 0 Å². The second kappa shape index (κ2) is 37.6. The van der Waals surface area contributed by atoms with Crippen molar-refractivity contribution in [3.8, 4) is 0 Å². The molecule has 11 heteroatoms. The fourth-order valence-corrected chi connectivity index (χ4v) is 7.79. The van der Waals surface area contributed by atoms with E-state index in [1.807, 2.05) is 0 Å². The molecule has 1 fully saturated rings. The van der Waals surface area contributed by atoms with Crippen LogP contribution in [0.5, 0.6) is 0 Å². The van der Waals surface area contributed by atoms with Gasteiger partial charge in [0.15, 0.2) is 6.29 Å². The molecule has 1 amide bonds. The summed E-state index contributed by atoms with van der Waals surface area (Å²) in [6.07, 6.45) is 28.3. The van der Waals surface area contributed by atoms with Crippen LogP contribution in [0, 0.1) is 0 Å². The SMILES string of the molecule is CCCCCCCCCCC/C=C/CCCC(O)C(O)C(COC1OC(CO)C(O)C(O)C1O)NC(=O)C(O)CCCCCCCCCCCCCCCCCCC. The van der Waals surface area contributed by atoms with E-state index in [4.69, 9.17) is 9.47 Å². The number of rotatable bonds is 40. The number of unbranched alkanes of at least 4 members (excludes halogenated alkanes) is 26. The van der Waals surface area contributed by atoms with E-state index in [0.29, 0.717) is 12.8 Å². The van der Waals surface area contributed by atoms with Crippen molar-refractivity contribution in [3.05, 3.63) is 12.2 Å². The van der Waals surface area contributed by atoms with E-state index in [0.717, 1.165) is 38.5 Å². The van der Waals surface area contributed by atoms with Gasteiger partial charge in [-0.15, -0.1) is 0 Å². The zero-order valence-electron chi connectivity index (χ0n) is 37.0. The largest absolute Gasteiger partial charge is 0.394 e. The Balaban J connectivity index is 2.44. The first kappa shape index (κ1) is 54.9. The molecule has 1 saturated heterocycles. The molecule has 1 aliphatic rings. The molecule has 0 spiro atoms. The van der Waals surface area contributed by atoms with Crippen LogP contribution in [0.1, 0.15) is 213 Å². The highest BCUT2D eigenvalue weighted by Crippen LogP contribution is 2.23. The molecule has 0 radical (unpaired) electrons. The number of carbonyl (C=O) groups is 1. The number of allylic oxidation sites excluding steroid dienone is 2. The van der Waals surface area contributed by atoms with Crippen molar-refractivity contribution in [2.45, 2.75) is 268 Å². The Morgan fingerprint density at radius 3 is 1.48 bits per heavy atom. The molecule has 0 bridgehead atoms. The number of hydrogen-bond donors (Lipinski definition) is 8. The van der Waals surface area contributed by atoms with Crippen LogP contribution >= 0.6 is 0 Å². The fourth-order valence-electron chi connectivity index (χ4n) is 7.79. The molecule has 58 heavy (non-hydrogen) atoms. The van der Waals surface area contributed by atoms with E-state index in [1.54, 1.807) is 0 Å². The molecule has 11 nitrogen and oxygen atoms in total. The lowest BCUT2D eigenvalue weighted by Crippen LogP contribution is -2.60. The van der Waals surface area contributed by atoms with Crippen LogP contribution in [0.2, 0.25) is 0 Å². The highest BCUT2D eigenvalue weighted by Gasteiger charge is 2.44. The number of aliphatic hydroxyl groups excluding tert-OH is 7. The first-order valence-corrected chi connectivity index (χ1v) is 24.1. The molecule has 344 valence electrons. The number of amides is 1. The fraction of sp³-hybridized carbons (Fsp3) is 0.936. The van der Waals surface area contributed by atoms with Crippen molar-refractivity contribution < 1.29 is 50.0 Å². The minimum Gasteiger partial charge on any atom is -0.394 e. The Kier molecular flexibility index (Phi) is 35.6. The van der Waals surface area contributed by atoms with Gasteiger partial charge < -0.3 is 50.5 Å². The smallest absolute Gasteiger partial charge is 0.249 e. The molecule has 9 unspecified atom stereocenters. The molecule has 0 saturated carbocycles. The van der Waals surface area contributed by atoms with Gasteiger partial charge in [-0.05, 0) is 38.5 Å². The van der Waals surface area contributed by atoms with E-state index < -0.39 is 74.2 Å². The number of hydrogen-bond acceptors (Lipinski definition) is 10. The number of nitrogens with one attached hydrogen (secondary N) is 1. The third-order valence-corrected chi connectivity index (χ3v) is 11.8. The lowest BCUT2D eigenvalue weighted by atomic mass is 9.98. The number of ether oxygens (including phenoxy) is 2. The van der Waals surface area contributed by atoms with Gasteiger partial charge in [0, 0.05) is 0 Å². The van der Waals surface area contributed by atoms with Gasteiger partial charge in [0.05, 0.1) is 25.4 Å². The van der Waals surface area contributed by atoms with E-state index in [9.17, 15) is 40.5 Å². The van der Waals surface area contributed by atoms with E-state index >= 15 is 0 Å². The molecule has 0 aromatic heterocycles. The summed E-state index contributed by atoms with van der Waals surface area (Å²) < 4.78 is 11.1. The Morgan fingerprint density at radius 1 is 0.586 bits per heavy atom. The molecule has 1 rings (SSSR count). The molecular formula is C47H91NO10. The molecule has 9 atom stereocenters. The quantitative estimate of drug-likeness (QED) is 0.0222. The van der Waals surface area contributed by atoms with Crippen molar-refractivity contribution in [1.82, 2.24) is 5.32 Å². The third-order valence-electron chi connectivity index (χ3n) is 11.8. The topological polar surface area (TPSA) is 189 Å². The minimum atomic E-state index is -1.66. The Bertz CT molecular complexity index is 954. The third kappa shape index (κ3) is 26.9. The standard InChI is InChI=1S/C47H91NO10/c1-3-5-7-9-11-13-15-17-19-20-21-23-25-27-29-31-33-35-40(51)46(56)48-38(37-57-47-45(55)44(54)43(53)41(36-49)58-47)42(52)39(50)34-32-30-28-26-24-22-18-16-14-12-10-8-6-4-2/h26,28,38-45,47,49-55H,3-25,27,29-37H2,1-2H3,(H,48,56)/b28-26+. The lowest BCUT2D eigenvalue weighted by molar-refractivity contribution is -0.303. The van der Waals surface area contributed by atoms with Crippen LogP contribution in [-0.4, -0.2) is 110 Å². The van der Waals surface area contributed by atoms with E-state index in [-0.39, 0.29) is 12.8 Å². The van der Waals surface area contributed by atoms with Crippen molar-refractivity contribution in [3.63, 3.8) is 0 Å². The average molecular weight is 830 g/mol. The summed E-state index contributed by atoms with van der Waals surface area (Å²) in [5, 5.41) is 75.7. The van der Waals surface area contributed by atoms with Gasteiger partial charge >= 0.3 is 0 Å². The number of carbonyl (C=O) groups excluding carboxylic acids is 1. The summed E-state index contributed by atoms with van der Waals surface area (Å²) >= 11 is 0. The molecule has 1 aliphatic heterocycles. The Morgan fingerprint density at radius 2 is 1.02 bits per heavy atom. The molecule has 1 heterocycles. The first-order chi connectivity index (χ1) is 28.2. The van der Waals surface area contributed by atoms with E-state index in [2.05, 4.69) is 31.3 Å². The van der Waals surface area contributed by atoms with Crippen molar-refractivity contribution in [2.75, 3.05) is 13.2 Å². The zero-order valence-corrected chi connectivity index (χ0v) is 37.0. The molecular weight excluding hydrogens is 739 g/mol. The average Bonchev–Trinajstić information content (AvgIpc) is 3.22. The van der Waals surface area contributed by atoms with Crippen LogP contribution in [0.25, 0.3) is 0 Å². The van der Waals surface area contributed by atoms with E-state index in [1.165, 1.54) is 135 Å². The summed E-state index contributed by atoms with van der Waals surface area (Å²) in [6, 6.07) is -1.18. The Hall–Kier alpha value is -1.15. The normalized spacial score (nSPS) is 22.0. The van der Waals surface area contributed by atoms with Crippen LogP contribution in [0.4, 0.5) is 0 Å².